The van der Waals surface area contributed by atoms with Gasteiger partial charge in [0, 0.05) is 13.1 Å². The Balaban J connectivity index is 1.94. The van der Waals surface area contributed by atoms with Crippen LogP contribution in [0.5, 0.6) is 0 Å². The Hall–Kier alpha value is -1.95. The van der Waals surface area contributed by atoms with Crippen LogP contribution in [0.25, 0.3) is 0 Å². The number of piperidine rings is 1. The molecule has 0 aromatic heterocycles. The average Bonchev–Trinajstić information content (AvgIpc) is 2.52. The van der Waals surface area contributed by atoms with Crippen molar-refractivity contribution in [3.63, 3.8) is 0 Å². The second-order valence-electron chi connectivity index (χ2n) is 6.77. The molecule has 1 amide bonds. The van der Waals surface area contributed by atoms with Gasteiger partial charge in [-0.1, -0.05) is 26.0 Å². The summed E-state index contributed by atoms with van der Waals surface area (Å²) < 4.78 is 13.3. The zero-order valence-corrected chi connectivity index (χ0v) is 14.2. The van der Waals surface area contributed by atoms with Crippen molar-refractivity contribution in [3.8, 4) is 0 Å². The largest absolute Gasteiger partial charge is 0.480 e. The molecule has 1 aliphatic rings. The summed E-state index contributed by atoms with van der Waals surface area (Å²) in [6, 6.07) is 5.60. The Morgan fingerprint density at radius 2 is 2.17 bits per heavy atom. The van der Waals surface area contributed by atoms with Crippen LogP contribution in [0.1, 0.15) is 32.3 Å². The van der Waals surface area contributed by atoms with Crippen LogP contribution >= 0.6 is 0 Å². The Kier molecular flexibility index (Phi) is 6.31. The molecule has 0 aliphatic carbocycles. The van der Waals surface area contributed by atoms with Crippen LogP contribution in [0.3, 0.4) is 0 Å². The molecule has 0 bridgehead atoms. The summed E-state index contributed by atoms with van der Waals surface area (Å²) >= 11 is 0. The van der Waals surface area contributed by atoms with Crippen LogP contribution in [0.4, 0.5) is 4.39 Å². The third-order valence-electron chi connectivity index (χ3n) is 4.40. The van der Waals surface area contributed by atoms with Crippen LogP contribution in [-0.4, -0.2) is 41.0 Å². The maximum atomic E-state index is 13.3. The summed E-state index contributed by atoms with van der Waals surface area (Å²) in [5.74, 6) is -1.88. The lowest BCUT2D eigenvalue weighted by Gasteiger charge is -2.33. The van der Waals surface area contributed by atoms with E-state index in [1.165, 1.54) is 12.1 Å². The van der Waals surface area contributed by atoms with Crippen molar-refractivity contribution < 1.29 is 19.1 Å². The summed E-state index contributed by atoms with van der Waals surface area (Å²) in [4.78, 5) is 25.8. The molecule has 1 saturated heterocycles. The molecule has 0 spiro atoms. The predicted octanol–water partition coefficient (Wildman–Crippen LogP) is 2.26. The first-order valence-electron chi connectivity index (χ1n) is 8.36. The maximum absolute atomic E-state index is 13.3. The van der Waals surface area contributed by atoms with Crippen molar-refractivity contribution in [2.75, 3.05) is 13.1 Å². The number of carbonyl (C=O) groups excluding carboxylic acids is 1. The smallest absolute Gasteiger partial charge is 0.326 e. The Bertz CT molecular complexity index is 591. The highest BCUT2D eigenvalue weighted by atomic mass is 19.1. The van der Waals surface area contributed by atoms with E-state index in [9.17, 15) is 19.1 Å². The van der Waals surface area contributed by atoms with E-state index >= 15 is 0 Å². The van der Waals surface area contributed by atoms with Gasteiger partial charge in [0.15, 0.2) is 0 Å². The minimum absolute atomic E-state index is 0.168. The molecule has 1 aromatic rings. The van der Waals surface area contributed by atoms with Gasteiger partial charge < -0.3 is 10.4 Å². The highest BCUT2D eigenvalue weighted by Gasteiger charge is 2.30. The molecule has 1 aliphatic heterocycles. The lowest BCUT2D eigenvalue weighted by Crippen LogP contribution is -2.49. The number of nitrogens with zero attached hydrogens (tertiary/aromatic N) is 1. The van der Waals surface area contributed by atoms with Gasteiger partial charge in [-0.25, -0.2) is 9.18 Å². The number of halogens is 1. The lowest BCUT2D eigenvalue weighted by atomic mass is 9.95. The fraction of sp³-hybridized carbons (Fsp3) is 0.556. The first-order chi connectivity index (χ1) is 11.4. The van der Waals surface area contributed by atoms with E-state index in [0.717, 1.165) is 24.9 Å². The van der Waals surface area contributed by atoms with Crippen LogP contribution < -0.4 is 5.32 Å². The van der Waals surface area contributed by atoms with Gasteiger partial charge in [-0.05, 0) is 43.0 Å². The number of aliphatic carboxylic acids is 1. The molecular formula is C18H25FN2O3. The van der Waals surface area contributed by atoms with Crippen molar-refractivity contribution in [1.82, 2.24) is 10.2 Å². The fourth-order valence-electron chi connectivity index (χ4n) is 3.09. The molecule has 1 fully saturated rings. The van der Waals surface area contributed by atoms with Crippen LogP contribution in [0.2, 0.25) is 0 Å². The van der Waals surface area contributed by atoms with Gasteiger partial charge in [-0.15, -0.1) is 0 Å². The van der Waals surface area contributed by atoms with Gasteiger partial charge in [0.25, 0.3) is 0 Å². The normalized spacial score (nSPS) is 19.9. The van der Waals surface area contributed by atoms with E-state index in [0.29, 0.717) is 13.1 Å². The number of hydrogen-bond donors (Lipinski definition) is 2. The van der Waals surface area contributed by atoms with E-state index in [4.69, 9.17) is 0 Å². The van der Waals surface area contributed by atoms with Crippen LogP contribution in [0, 0.1) is 17.7 Å². The topological polar surface area (TPSA) is 69.6 Å². The molecule has 24 heavy (non-hydrogen) atoms. The number of carbonyl (C=O) groups is 2. The van der Waals surface area contributed by atoms with E-state index in [1.54, 1.807) is 19.9 Å². The quantitative estimate of drug-likeness (QED) is 0.836. The molecule has 2 atom stereocenters. The minimum Gasteiger partial charge on any atom is -0.480 e. The number of benzene rings is 1. The highest BCUT2D eigenvalue weighted by molar-refractivity contribution is 5.85. The lowest BCUT2D eigenvalue weighted by molar-refractivity contribution is -0.144. The summed E-state index contributed by atoms with van der Waals surface area (Å²) in [6.07, 6.45) is 1.61. The molecule has 2 N–H and O–H groups in total. The molecule has 1 heterocycles. The second-order valence-corrected chi connectivity index (χ2v) is 6.77. The van der Waals surface area contributed by atoms with Crippen molar-refractivity contribution in [1.29, 1.82) is 0 Å². The Morgan fingerprint density at radius 3 is 2.79 bits per heavy atom. The summed E-state index contributed by atoms with van der Waals surface area (Å²) in [5, 5.41) is 11.9. The van der Waals surface area contributed by atoms with Gasteiger partial charge in [0.2, 0.25) is 5.91 Å². The van der Waals surface area contributed by atoms with Crippen LogP contribution in [-0.2, 0) is 16.1 Å². The molecule has 0 unspecified atom stereocenters. The maximum Gasteiger partial charge on any atom is 0.326 e. The Labute approximate surface area is 141 Å². The number of nitrogens with one attached hydrogen (secondary N) is 1. The van der Waals surface area contributed by atoms with E-state index < -0.39 is 12.0 Å². The third kappa shape index (κ3) is 5.03. The standard InChI is InChI=1S/C18H25FN2O3/c1-12(2)16(18(23)24)20-17(22)14-6-4-8-21(11-14)10-13-5-3-7-15(19)9-13/h3,5,7,9,12,14,16H,4,6,8,10-11H2,1-2H3,(H,20,22)(H,23,24)/t14-,16-/m1/s1. The van der Waals surface area contributed by atoms with Crippen molar-refractivity contribution in [2.45, 2.75) is 39.3 Å². The summed E-state index contributed by atoms with van der Waals surface area (Å²) in [5.41, 5.74) is 0.877. The number of hydrogen-bond acceptors (Lipinski definition) is 3. The monoisotopic (exact) mass is 336 g/mol. The summed E-state index contributed by atoms with van der Waals surface area (Å²) in [6.45, 7) is 5.56. The molecule has 6 heteroatoms. The van der Waals surface area contributed by atoms with Gasteiger partial charge >= 0.3 is 5.97 Å². The van der Waals surface area contributed by atoms with E-state index in [2.05, 4.69) is 10.2 Å². The first kappa shape index (κ1) is 18.4. The predicted molar refractivity (Wildman–Crippen MR) is 88.8 cm³/mol. The Morgan fingerprint density at radius 1 is 1.42 bits per heavy atom. The molecule has 1 aromatic carbocycles. The average molecular weight is 336 g/mol. The molecule has 0 radical (unpaired) electrons. The summed E-state index contributed by atoms with van der Waals surface area (Å²) in [7, 11) is 0. The first-order valence-corrected chi connectivity index (χ1v) is 8.36. The number of amides is 1. The number of carboxylic acid groups (broad SMARTS) is 1. The SMILES string of the molecule is CC(C)[C@@H](NC(=O)[C@@H]1CCCN(Cc2cccc(F)c2)C1)C(=O)O. The number of likely N-dealkylation sites (tertiary alicyclic amines) is 1. The van der Waals surface area contributed by atoms with Crippen LogP contribution in [0.15, 0.2) is 24.3 Å². The van der Waals surface area contributed by atoms with Crippen molar-refractivity contribution in [2.24, 2.45) is 11.8 Å². The van der Waals surface area contributed by atoms with Gasteiger partial charge in [-0.3, -0.25) is 9.69 Å². The van der Waals surface area contributed by atoms with Crippen molar-refractivity contribution >= 4 is 11.9 Å². The minimum atomic E-state index is -1.01. The second kappa shape index (κ2) is 8.24. The fourth-order valence-corrected chi connectivity index (χ4v) is 3.09. The number of carboxylic acids is 1. The zero-order valence-electron chi connectivity index (χ0n) is 14.2. The van der Waals surface area contributed by atoms with Gasteiger partial charge in [-0.2, -0.15) is 0 Å². The third-order valence-corrected chi connectivity index (χ3v) is 4.40. The van der Waals surface area contributed by atoms with Gasteiger partial charge in [0.1, 0.15) is 11.9 Å². The molecular weight excluding hydrogens is 311 g/mol. The van der Waals surface area contributed by atoms with E-state index in [1.807, 2.05) is 6.07 Å². The molecule has 5 nitrogen and oxygen atoms in total. The molecule has 0 saturated carbocycles. The van der Waals surface area contributed by atoms with E-state index in [-0.39, 0.29) is 23.6 Å². The van der Waals surface area contributed by atoms with Crippen molar-refractivity contribution in [3.05, 3.63) is 35.6 Å². The van der Waals surface area contributed by atoms with Gasteiger partial charge in [0.05, 0.1) is 5.92 Å². The molecule has 2 rings (SSSR count). The zero-order chi connectivity index (χ0) is 17.7. The highest BCUT2D eigenvalue weighted by Crippen LogP contribution is 2.19. The molecule has 132 valence electrons. The number of rotatable bonds is 6.